The lowest BCUT2D eigenvalue weighted by atomic mass is 10.1. The van der Waals surface area contributed by atoms with E-state index in [4.69, 9.17) is 34.7 Å². The molecule has 62 heavy (non-hydrogen) atoms. The second kappa shape index (κ2) is 17.5. The van der Waals surface area contributed by atoms with E-state index < -0.39 is 92.9 Å². The first kappa shape index (κ1) is 45.5. The van der Waals surface area contributed by atoms with Crippen molar-refractivity contribution in [2.24, 2.45) is 0 Å². The van der Waals surface area contributed by atoms with E-state index in [1.54, 1.807) is 12.1 Å². The van der Waals surface area contributed by atoms with Gasteiger partial charge in [-0.1, -0.05) is 12.1 Å². The Kier molecular flexibility index (Phi) is 12.9. The third kappa shape index (κ3) is 10.1. The van der Waals surface area contributed by atoms with E-state index in [-0.39, 0.29) is 52.5 Å². The Bertz CT molecular complexity index is 2750. The first-order valence-electron chi connectivity index (χ1n) is 17.5. The number of para-hydroxylation sites is 1. The van der Waals surface area contributed by atoms with E-state index in [1.807, 2.05) is 0 Å². The van der Waals surface area contributed by atoms with Crippen molar-refractivity contribution >= 4 is 77.0 Å². The summed E-state index contributed by atoms with van der Waals surface area (Å²) < 4.78 is 91.9. The third-order valence-electron chi connectivity index (χ3n) is 8.92. The Hall–Kier alpha value is -4.57. The van der Waals surface area contributed by atoms with Crippen LogP contribution in [0.5, 0.6) is 0 Å². The van der Waals surface area contributed by atoms with Gasteiger partial charge in [-0.15, -0.1) is 0 Å². The van der Waals surface area contributed by atoms with E-state index in [0.29, 0.717) is 5.69 Å². The number of nitrogens with one attached hydrogen (secondary N) is 2. The van der Waals surface area contributed by atoms with Gasteiger partial charge >= 0.3 is 37.3 Å². The number of esters is 1. The maximum Gasteiger partial charge on any atom is 0.490 e. The molecule has 0 saturated carbocycles. The number of aliphatic hydroxyl groups excluding tert-OH is 1. The van der Waals surface area contributed by atoms with Crippen LogP contribution < -0.4 is 22.3 Å². The number of hydrogen-bond donors (Lipinski definition) is 9. The van der Waals surface area contributed by atoms with Crippen LogP contribution in [0.4, 0.5) is 17.5 Å². The van der Waals surface area contributed by atoms with Gasteiger partial charge in [0.2, 0.25) is 5.95 Å². The smallest absolute Gasteiger partial charge is 0.453 e. The molecule has 4 unspecified atom stereocenters. The molecular formula is C28H35N11O19P4. The molecule has 6 heterocycles. The first-order valence-corrected chi connectivity index (χ1v) is 23.5. The number of anilines is 3. The highest BCUT2D eigenvalue weighted by atomic mass is 31.3. The van der Waals surface area contributed by atoms with Crippen LogP contribution in [-0.4, -0.2) is 114 Å². The van der Waals surface area contributed by atoms with E-state index in [2.05, 4.69) is 48.2 Å². The molecule has 10 atom stereocenters. The number of hydrogen-bond acceptors (Lipinski definition) is 23. The number of nitrogens with zero attached hydrogens (tertiary/aromatic N) is 7. The van der Waals surface area contributed by atoms with Gasteiger partial charge in [-0.2, -0.15) is 17.9 Å². The minimum absolute atomic E-state index is 0.00527. The van der Waals surface area contributed by atoms with Crippen molar-refractivity contribution in [2.45, 2.75) is 49.7 Å². The predicted molar refractivity (Wildman–Crippen MR) is 205 cm³/mol. The number of imidazole rings is 2. The molecule has 5 aromatic rings. The van der Waals surface area contributed by atoms with Crippen LogP contribution in [0.2, 0.25) is 0 Å². The standard InChI is InChI=1S/C28H35N11O19P4/c1-31-15-5-3-2-4-14(15)27(42)55-21-16(54-26(20(21)40)39-12-34-18-22(29)32-10-33-23(18)39)9-52-60(45,46)57-62(49,50)58-61(47,48)56-59(43,44)51-8-13-6-7-17(53-13)38-11-35-19-24(38)36-28(30)37-25(19)41/h2-5,10-13,16-17,20-21,26,31,40H,6-9H2,1H3,(H,43,44)(H,45,46)(H,47,48)(H,49,50)(H2,29,32,33)(H3,30,36,37,41)/t13-,16+,17+,20+,21+,26+/m0/s1. The van der Waals surface area contributed by atoms with Crippen LogP contribution in [0.3, 0.4) is 0 Å². The largest absolute Gasteiger partial charge is 0.490 e. The molecule has 0 radical (unpaired) electrons. The van der Waals surface area contributed by atoms with Gasteiger partial charge < -0.3 is 55.7 Å². The predicted octanol–water partition coefficient (Wildman–Crippen LogP) is 0.812. The molecule has 2 fully saturated rings. The molecule has 0 spiro atoms. The van der Waals surface area contributed by atoms with Crippen molar-refractivity contribution in [3.63, 3.8) is 0 Å². The minimum Gasteiger partial charge on any atom is -0.453 e. The number of H-pyrrole nitrogens is 1. The van der Waals surface area contributed by atoms with Crippen LogP contribution in [0, 0.1) is 0 Å². The second-order valence-corrected chi connectivity index (χ2v) is 19.3. The van der Waals surface area contributed by atoms with Gasteiger partial charge in [0.25, 0.3) is 5.56 Å². The zero-order valence-electron chi connectivity index (χ0n) is 31.4. The molecule has 30 nitrogen and oxygen atoms in total. The van der Waals surface area contributed by atoms with Crippen LogP contribution in [0.1, 0.15) is 35.7 Å². The molecule has 2 aliphatic heterocycles. The summed E-state index contributed by atoms with van der Waals surface area (Å²) in [5.74, 6) is -1.23. The molecule has 336 valence electrons. The van der Waals surface area contributed by atoms with E-state index >= 15 is 0 Å². The monoisotopic (exact) mass is 953 g/mol. The van der Waals surface area contributed by atoms with Gasteiger partial charge in [0, 0.05) is 12.7 Å². The lowest BCUT2D eigenvalue weighted by molar-refractivity contribution is -0.0520. The maximum absolute atomic E-state index is 13.3. The van der Waals surface area contributed by atoms with Gasteiger partial charge in [-0.05, 0) is 25.0 Å². The number of rotatable bonds is 17. The van der Waals surface area contributed by atoms with E-state index in [0.717, 1.165) is 12.7 Å². The summed E-state index contributed by atoms with van der Waals surface area (Å²) in [5.41, 5.74) is 11.4. The molecule has 7 rings (SSSR count). The fourth-order valence-electron chi connectivity index (χ4n) is 6.33. The van der Waals surface area contributed by atoms with Crippen molar-refractivity contribution in [3.8, 4) is 0 Å². The van der Waals surface area contributed by atoms with Gasteiger partial charge in [-0.3, -0.25) is 28.0 Å². The summed E-state index contributed by atoms with van der Waals surface area (Å²) in [6.45, 7) is -1.90. The zero-order valence-corrected chi connectivity index (χ0v) is 34.9. The Morgan fingerprint density at radius 1 is 0.871 bits per heavy atom. The van der Waals surface area contributed by atoms with Gasteiger partial charge in [0.05, 0.1) is 37.5 Å². The van der Waals surface area contributed by atoms with Crippen LogP contribution in [0.25, 0.3) is 22.3 Å². The average molecular weight is 954 g/mol. The van der Waals surface area contributed by atoms with Crippen molar-refractivity contribution in [1.82, 2.24) is 39.0 Å². The first-order chi connectivity index (χ1) is 29.1. The lowest BCUT2D eigenvalue weighted by Crippen LogP contribution is -2.38. The summed E-state index contributed by atoms with van der Waals surface area (Å²) in [5, 5.41) is 14.2. The molecule has 1 aromatic carbocycles. The highest BCUT2D eigenvalue weighted by Crippen LogP contribution is 2.71. The van der Waals surface area contributed by atoms with Crippen molar-refractivity contribution < 1.29 is 83.9 Å². The number of aromatic nitrogens is 8. The maximum atomic E-state index is 13.3. The molecule has 0 aliphatic carbocycles. The fraction of sp³-hybridized carbons (Fsp3) is 0.393. The van der Waals surface area contributed by atoms with Crippen LogP contribution in [0.15, 0.2) is 48.0 Å². The molecule has 2 saturated heterocycles. The van der Waals surface area contributed by atoms with E-state index in [9.17, 15) is 52.5 Å². The number of nitrogen functional groups attached to an aromatic ring is 2. The Morgan fingerprint density at radius 3 is 2.23 bits per heavy atom. The zero-order chi connectivity index (χ0) is 44.8. The molecular weight excluding hydrogens is 918 g/mol. The lowest BCUT2D eigenvalue weighted by Gasteiger charge is -2.23. The number of nitrogens with two attached hydrogens (primary N) is 2. The Morgan fingerprint density at radius 2 is 1.52 bits per heavy atom. The van der Waals surface area contributed by atoms with Crippen molar-refractivity contribution in [3.05, 3.63) is 59.2 Å². The minimum atomic E-state index is -6.23. The van der Waals surface area contributed by atoms with Crippen LogP contribution >= 0.6 is 31.3 Å². The molecule has 0 amide bonds. The van der Waals surface area contributed by atoms with Crippen molar-refractivity contribution in [1.29, 1.82) is 0 Å². The number of aliphatic hydroxyl groups is 1. The summed E-state index contributed by atoms with van der Waals surface area (Å²) in [6, 6.07) is 6.09. The van der Waals surface area contributed by atoms with Crippen molar-refractivity contribution in [2.75, 3.05) is 37.0 Å². The number of carbonyl (C=O) groups is 1. The molecule has 2 aliphatic rings. The number of ether oxygens (including phenoxy) is 3. The molecule has 11 N–H and O–H groups in total. The number of aromatic amines is 1. The fourth-order valence-corrected chi connectivity index (χ4v) is 11.3. The van der Waals surface area contributed by atoms with Crippen LogP contribution in [-0.2, 0) is 54.5 Å². The molecule has 34 heteroatoms. The Balaban J connectivity index is 0.969. The number of carbonyl (C=O) groups excluding carboxylic acids is 1. The highest BCUT2D eigenvalue weighted by molar-refractivity contribution is 7.69. The number of fused-ring (bicyclic) bond motifs is 2. The normalized spacial score (nSPS) is 25.5. The summed E-state index contributed by atoms with van der Waals surface area (Å²) in [7, 11) is -22.4. The SMILES string of the molecule is CNc1ccccc1C(=O)O[C@H]1[C@@H](O)[C@H](n2cnc3c(N)ncnc32)O[C@@H]1COP(=O)(O)OP(=O)(O)OP(=O)(O)OP(=O)(O)OC[C@@H]1CC[C@H](n2cnc3c(=O)[nH]c(N)nc32)O1. The summed E-state index contributed by atoms with van der Waals surface area (Å²) >= 11 is 0. The van der Waals surface area contributed by atoms with Gasteiger partial charge in [0.1, 0.15) is 30.3 Å². The number of phosphoric acid groups is 4. The van der Waals surface area contributed by atoms with E-state index in [1.165, 1.54) is 34.6 Å². The quantitative estimate of drug-likeness (QED) is 0.0460. The third-order valence-corrected chi connectivity index (χ3v) is 14.8. The molecule has 4 aromatic heterocycles. The highest BCUT2D eigenvalue weighted by Gasteiger charge is 2.51. The molecule has 0 bridgehead atoms. The summed E-state index contributed by atoms with van der Waals surface area (Å²) in [6.07, 6.45) is -4.45. The number of phosphoric ester groups is 2. The average Bonchev–Trinajstić information content (AvgIpc) is 3.98. The van der Waals surface area contributed by atoms with Gasteiger partial charge in [-0.25, -0.2) is 43.0 Å². The second-order valence-electron chi connectivity index (χ2n) is 13.1. The number of benzene rings is 1. The van der Waals surface area contributed by atoms with Gasteiger partial charge in [0.15, 0.2) is 35.0 Å². The summed E-state index contributed by atoms with van der Waals surface area (Å²) in [4.78, 5) is 88.3. The Labute approximate surface area is 345 Å². The topological polar surface area (TPSA) is 432 Å².